The minimum absolute atomic E-state index is 0.0153. The molecule has 0 radical (unpaired) electrons. The SMILES string of the molecule is CN1N=C(c2cccc(C3=NN(C)C(=O)C3)c2)CC1=O. The molecule has 0 fully saturated rings. The zero-order valence-electron chi connectivity index (χ0n) is 11.3. The summed E-state index contributed by atoms with van der Waals surface area (Å²) in [5.41, 5.74) is 3.28. The van der Waals surface area contributed by atoms with Gasteiger partial charge in [0.2, 0.25) is 11.8 Å². The summed E-state index contributed by atoms with van der Waals surface area (Å²) >= 11 is 0. The first-order valence-electron chi connectivity index (χ1n) is 6.33. The summed E-state index contributed by atoms with van der Waals surface area (Å²) in [5.74, 6) is -0.0305. The van der Waals surface area contributed by atoms with Crippen molar-refractivity contribution < 1.29 is 9.59 Å². The molecule has 2 heterocycles. The molecular weight excluding hydrogens is 256 g/mol. The van der Waals surface area contributed by atoms with Crippen molar-refractivity contribution in [1.29, 1.82) is 0 Å². The highest BCUT2D eigenvalue weighted by atomic mass is 16.2. The molecule has 6 nitrogen and oxygen atoms in total. The predicted molar refractivity (Wildman–Crippen MR) is 74.3 cm³/mol. The van der Waals surface area contributed by atoms with Crippen LogP contribution in [0.2, 0.25) is 0 Å². The van der Waals surface area contributed by atoms with Gasteiger partial charge < -0.3 is 0 Å². The van der Waals surface area contributed by atoms with E-state index in [1.807, 2.05) is 24.3 Å². The van der Waals surface area contributed by atoms with Crippen molar-refractivity contribution in [3.05, 3.63) is 35.4 Å². The topological polar surface area (TPSA) is 65.3 Å². The van der Waals surface area contributed by atoms with Gasteiger partial charge >= 0.3 is 0 Å². The first kappa shape index (κ1) is 12.5. The van der Waals surface area contributed by atoms with Crippen molar-refractivity contribution in [2.75, 3.05) is 14.1 Å². The Morgan fingerprint density at radius 1 is 0.900 bits per heavy atom. The van der Waals surface area contributed by atoms with E-state index in [2.05, 4.69) is 10.2 Å². The lowest BCUT2D eigenvalue weighted by Crippen LogP contribution is -2.14. The molecule has 0 aromatic heterocycles. The second kappa shape index (κ2) is 4.56. The largest absolute Gasteiger partial charge is 0.273 e. The van der Waals surface area contributed by atoms with E-state index in [1.165, 1.54) is 10.0 Å². The van der Waals surface area contributed by atoms with Gasteiger partial charge in [0, 0.05) is 14.1 Å². The van der Waals surface area contributed by atoms with Gasteiger partial charge in [-0.05, 0) is 17.2 Å². The first-order valence-corrected chi connectivity index (χ1v) is 6.33. The molecule has 0 bridgehead atoms. The number of hydrazone groups is 2. The van der Waals surface area contributed by atoms with E-state index < -0.39 is 0 Å². The van der Waals surface area contributed by atoms with Crippen molar-refractivity contribution in [3.8, 4) is 0 Å². The van der Waals surface area contributed by atoms with Crippen LogP contribution in [0, 0.1) is 0 Å². The Labute approximate surface area is 116 Å². The number of amides is 2. The third-order valence-corrected chi connectivity index (χ3v) is 3.43. The molecule has 0 N–H and O–H groups in total. The zero-order valence-corrected chi connectivity index (χ0v) is 11.3. The van der Waals surface area contributed by atoms with Gasteiger partial charge in [0.1, 0.15) is 0 Å². The number of carbonyl (C=O) groups excluding carboxylic acids is 2. The quantitative estimate of drug-likeness (QED) is 0.798. The summed E-state index contributed by atoms with van der Waals surface area (Å²) in [4.78, 5) is 23.0. The molecule has 6 heteroatoms. The van der Waals surface area contributed by atoms with E-state index in [9.17, 15) is 9.59 Å². The molecule has 2 aliphatic heterocycles. The van der Waals surface area contributed by atoms with Gasteiger partial charge in [0.15, 0.2) is 0 Å². The average Bonchev–Trinajstić information content (AvgIpc) is 2.94. The Bertz CT molecular complexity index is 610. The monoisotopic (exact) mass is 270 g/mol. The third kappa shape index (κ3) is 2.09. The van der Waals surface area contributed by atoms with E-state index in [4.69, 9.17) is 0 Å². The van der Waals surface area contributed by atoms with Crippen molar-refractivity contribution in [2.45, 2.75) is 12.8 Å². The molecule has 0 aliphatic carbocycles. The number of hydrogen-bond donors (Lipinski definition) is 0. The summed E-state index contributed by atoms with van der Waals surface area (Å²) in [7, 11) is 3.29. The summed E-state index contributed by atoms with van der Waals surface area (Å²) < 4.78 is 0. The van der Waals surface area contributed by atoms with Crippen LogP contribution in [0.25, 0.3) is 0 Å². The predicted octanol–water partition coefficient (Wildman–Crippen LogP) is 0.819. The fourth-order valence-electron chi connectivity index (χ4n) is 2.26. The van der Waals surface area contributed by atoms with Crippen molar-refractivity contribution in [1.82, 2.24) is 10.0 Å². The van der Waals surface area contributed by atoms with Crippen LogP contribution in [0.5, 0.6) is 0 Å². The first-order chi connectivity index (χ1) is 9.54. The van der Waals surface area contributed by atoms with Gasteiger partial charge in [-0.1, -0.05) is 18.2 Å². The molecular formula is C14H14N4O2. The molecule has 102 valence electrons. The summed E-state index contributed by atoms with van der Waals surface area (Å²) in [6, 6.07) is 7.64. The standard InChI is InChI=1S/C14H14N4O2/c1-17-13(19)7-11(15-17)9-4-3-5-10(6-9)12-8-14(20)18(2)16-12/h3-6H,7-8H2,1-2H3. The molecule has 20 heavy (non-hydrogen) atoms. The van der Waals surface area contributed by atoms with E-state index in [-0.39, 0.29) is 11.8 Å². The Kier molecular flexibility index (Phi) is 2.85. The van der Waals surface area contributed by atoms with E-state index in [1.54, 1.807) is 14.1 Å². The van der Waals surface area contributed by atoms with Crippen LogP contribution in [0.4, 0.5) is 0 Å². The molecule has 1 aromatic rings. The van der Waals surface area contributed by atoms with E-state index in [0.717, 1.165) is 22.6 Å². The van der Waals surface area contributed by atoms with Crippen LogP contribution < -0.4 is 0 Å². The molecule has 0 unspecified atom stereocenters. The van der Waals surface area contributed by atoms with Gasteiger partial charge in [-0.15, -0.1) is 0 Å². The number of nitrogens with zero attached hydrogens (tertiary/aromatic N) is 4. The summed E-state index contributed by atoms with van der Waals surface area (Å²) in [6.07, 6.45) is 0.622. The highest BCUT2D eigenvalue weighted by molar-refractivity contribution is 6.16. The lowest BCUT2D eigenvalue weighted by molar-refractivity contribution is -0.128. The minimum atomic E-state index is -0.0153. The van der Waals surface area contributed by atoms with Gasteiger partial charge in [0.05, 0.1) is 24.3 Å². The van der Waals surface area contributed by atoms with E-state index in [0.29, 0.717) is 12.8 Å². The Morgan fingerprint density at radius 3 is 1.70 bits per heavy atom. The van der Waals surface area contributed by atoms with Crippen LogP contribution in [0.3, 0.4) is 0 Å². The maximum absolute atomic E-state index is 11.5. The molecule has 0 saturated carbocycles. The fourth-order valence-corrected chi connectivity index (χ4v) is 2.26. The van der Waals surface area contributed by atoms with Crippen LogP contribution in [-0.2, 0) is 9.59 Å². The van der Waals surface area contributed by atoms with Crippen LogP contribution in [0.1, 0.15) is 24.0 Å². The smallest absolute Gasteiger partial charge is 0.248 e. The number of benzene rings is 1. The Hall–Kier alpha value is -2.50. The molecule has 0 saturated heterocycles. The second-order valence-electron chi connectivity index (χ2n) is 4.86. The van der Waals surface area contributed by atoms with E-state index >= 15 is 0 Å². The Balaban J connectivity index is 1.92. The summed E-state index contributed by atoms with van der Waals surface area (Å²) in [5, 5.41) is 11.1. The normalized spacial score (nSPS) is 18.7. The second-order valence-corrected chi connectivity index (χ2v) is 4.86. The third-order valence-electron chi connectivity index (χ3n) is 3.43. The Morgan fingerprint density at radius 2 is 1.35 bits per heavy atom. The van der Waals surface area contributed by atoms with Gasteiger partial charge in [-0.2, -0.15) is 10.2 Å². The molecule has 3 rings (SSSR count). The number of rotatable bonds is 2. The van der Waals surface area contributed by atoms with Crippen LogP contribution in [0.15, 0.2) is 34.5 Å². The van der Waals surface area contributed by atoms with Gasteiger partial charge in [-0.25, -0.2) is 10.0 Å². The lowest BCUT2D eigenvalue weighted by atomic mass is 10.0. The number of carbonyl (C=O) groups is 2. The zero-order chi connectivity index (χ0) is 14.3. The van der Waals surface area contributed by atoms with Crippen LogP contribution in [-0.4, -0.2) is 47.4 Å². The van der Waals surface area contributed by atoms with Crippen molar-refractivity contribution >= 4 is 23.2 Å². The van der Waals surface area contributed by atoms with Crippen molar-refractivity contribution in [3.63, 3.8) is 0 Å². The maximum Gasteiger partial charge on any atom is 0.248 e. The maximum atomic E-state index is 11.5. The summed E-state index contributed by atoms with van der Waals surface area (Å²) in [6.45, 7) is 0. The molecule has 2 aliphatic rings. The average molecular weight is 270 g/mol. The number of hydrogen-bond acceptors (Lipinski definition) is 4. The highest BCUT2D eigenvalue weighted by Gasteiger charge is 2.24. The van der Waals surface area contributed by atoms with Crippen molar-refractivity contribution in [2.24, 2.45) is 10.2 Å². The van der Waals surface area contributed by atoms with Crippen LogP contribution >= 0.6 is 0 Å². The van der Waals surface area contributed by atoms with Gasteiger partial charge in [0.25, 0.3) is 0 Å². The fraction of sp³-hybridized carbons (Fsp3) is 0.286. The molecule has 1 aromatic carbocycles. The minimum Gasteiger partial charge on any atom is -0.273 e. The molecule has 0 atom stereocenters. The lowest BCUT2D eigenvalue weighted by Gasteiger charge is -2.03. The highest BCUT2D eigenvalue weighted by Crippen LogP contribution is 2.18. The van der Waals surface area contributed by atoms with Gasteiger partial charge in [-0.3, -0.25) is 9.59 Å². The molecule has 2 amide bonds. The molecule has 0 spiro atoms.